The zero-order chi connectivity index (χ0) is 27.6. The average Bonchev–Trinajstić information content (AvgIpc) is 3.30. The van der Waals surface area contributed by atoms with Crippen molar-refractivity contribution >= 4 is 10.9 Å². The van der Waals surface area contributed by atoms with Crippen LogP contribution in [0.1, 0.15) is 28.3 Å². The second-order valence-corrected chi connectivity index (χ2v) is 8.42. The van der Waals surface area contributed by atoms with Crippen LogP contribution in [0.2, 0.25) is 0 Å². The molecule has 13 heteroatoms. The molecular formula is C24H17F9N2O2. The van der Waals surface area contributed by atoms with Crippen LogP contribution in [0.4, 0.5) is 39.5 Å². The average molecular weight is 536 g/mol. The molecule has 0 aliphatic carbocycles. The quantitative estimate of drug-likeness (QED) is 0.279. The first-order valence-electron chi connectivity index (χ1n) is 10.5. The van der Waals surface area contributed by atoms with Gasteiger partial charge in [-0.3, -0.25) is 0 Å². The standard InChI is InChI=1S/C24H17F9N2O2/c1-12-9-14-10-15(21(36,23(28,29)30)24(31,32)33)7-8-19(14)35(12)11-18-13(2)37-20(34-18)16-5-3-4-6-17(16)22(25,26)27/h3-10,36H,11H2,1-2H3. The third-order valence-electron chi connectivity index (χ3n) is 6.01. The summed E-state index contributed by atoms with van der Waals surface area (Å²) < 4.78 is 127. The summed E-state index contributed by atoms with van der Waals surface area (Å²) in [5, 5.41) is 9.67. The molecule has 198 valence electrons. The highest BCUT2D eigenvalue weighted by Crippen LogP contribution is 2.50. The number of fused-ring (bicyclic) bond motifs is 1. The van der Waals surface area contributed by atoms with E-state index in [0.717, 1.165) is 12.1 Å². The molecule has 0 saturated carbocycles. The zero-order valence-electron chi connectivity index (χ0n) is 19.0. The first kappa shape index (κ1) is 26.6. The Morgan fingerprint density at radius 3 is 2.08 bits per heavy atom. The van der Waals surface area contributed by atoms with E-state index in [-0.39, 0.29) is 40.4 Å². The van der Waals surface area contributed by atoms with Crippen molar-refractivity contribution in [3.63, 3.8) is 0 Å². The van der Waals surface area contributed by atoms with E-state index in [1.165, 1.54) is 42.7 Å². The number of hydrogen-bond donors (Lipinski definition) is 1. The summed E-state index contributed by atoms with van der Waals surface area (Å²) in [5.41, 5.74) is -6.89. The van der Waals surface area contributed by atoms with Crippen molar-refractivity contribution in [2.24, 2.45) is 0 Å². The Kier molecular flexibility index (Phi) is 6.13. The molecule has 0 bridgehead atoms. The number of aryl methyl sites for hydroxylation is 2. The van der Waals surface area contributed by atoms with Crippen LogP contribution < -0.4 is 0 Å². The Bertz CT molecular complexity index is 1450. The maximum absolute atomic E-state index is 13.4. The Morgan fingerprint density at radius 2 is 1.49 bits per heavy atom. The van der Waals surface area contributed by atoms with E-state index in [1.807, 2.05) is 0 Å². The van der Waals surface area contributed by atoms with Gasteiger partial charge < -0.3 is 14.1 Å². The number of benzene rings is 2. The fourth-order valence-corrected chi connectivity index (χ4v) is 4.09. The summed E-state index contributed by atoms with van der Waals surface area (Å²) in [4.78, 5) is 4.17. The lowest BCUT2D eigenvalue weighted by Gasteiger charge is -2.32. The van der Waals surface area contributed by atoms with E-state index in [0.29, 0.717) is 17.8 Å². The minimum Gasteiger partial charge on any atom is -0.441 e. The summed E-state index contributed by atoms with van der Waals surface area (Å²) in [7, 11) is 0. The molecular weight excluding hydrogens is 519 g/mol. The van der Waals surface area contributed by atoms with Gasteiger partial charge in [0.25, 0.3) is 5.60 Å². The van der Waals surface area contributed by atoms with Crippen LogP contribution >= 0.6 is 0 Å². The number of oxazole rings is 1. The van der Waals surface area contributed by atoms with Crippen molar-refractivity contribution in [3.8, 4) is 11.5 Å². The minimum atomic E-state index is -6.03. The number of halogens is 9. The van der Waals surface area contributed by atoms with Gasteiger partial charge in [-0.15, -0.1) is 0 Å². The van der Waals surface area contributed by atoms with E-state index in [2.05, 4.69) is 4.98 Å². The lowest BCUT2D eigenvalue weighted by atomic mass is 9.91. The Hall–Kier alpha value is -3.48. The monoisotopic (exact) mass is 536 g/mol. The molecule has 0 spiro atoms. The molecule has 0 atom stereocenters. The molecule has 2 aromatic heterocycles. The van der Waals surface area contributed by atoms with Gasteiger partial charge in [0, 0.05) is 27.7 Å². The summed E-state index contributed by atoms with van der Waals surface area (Å²) in [6.07, 6.45) is -16.7. The predicted molar refractivity (Wildman–Crippen MR) is 113 cm³/mol. The highest BCUT2D eigenvalue weighted by molar-refractivity contribution is 5.82. The van der Waals surface area contributed by atoms with Crippen molar-refractivity contribution in [3.05, 3.63) is 76.8 Å². The molecule has 0 radical (unpaired) electrons. The molecule has 2 heterocycles. The molecule has 4 rings (SSSR count). The van der Waals surface area contributed by atoms with Crippen LogP contribution in [-0.2, 0) is 18.3 Å². The van der Waals surface area contributed by atoms with Crippen LogP contribution in [0.15, 0.2) is 52.9 Å². The third kappa shape index (κ3) is 4.45. The molecule has 37 heavy (non-hydrogen) atoms. The number of nitrogens with zero attached hydrogens (tertiary/aromatic N) is 2. The smallest absolute Gasteiger partial charge is 0.430 e. The van der Waals surface area contributed by atoms with Gasteiger partial charge in [0.15, 0.2) is 0 Å². The molecule has 0 amide bonds. The SMILES string of the molecule is Cc1oc(-c2ccccc2C(F)(F)F)nc1Cn1c(C)cc2cc(C(O)(C(F)(F)F)C(F)(F)F)ccc21. The fraction of sp³-hybridized carbons (Fsp3) is 0.292. The summed E-state index contributed by atoms with van der Waals surface area (Å²) in [5.74, 6) is -0.120. The molecule has 0 aliphatic rings. The third-order valence-corrected chi connectivity index (χ3v) is 6.01. The van der Waals surface area contributed by atoms with E-state index in [9.17, 15) is 44.6 Å². The van der Waals surface area contributed by atoms with Gasteiger partial charge in [0.2, 0.25) is 5.89 Å². The van der Waals surface area contributed by atoms with Gasteiger partial charge in [-0.1, -0.05) is 18.2 Å². The molecule has 1 N–H and O–H groups in total. The summed E-state index contributed by atoms with van der Waals surface area (Å²) in [6.45, 7) is 2.91. The second-order valence-electron chi connectivity index (χ2n) is 8.42. The van der Waals surface area contributed by atoms with Crippen molar-refractivity contribution in [1.29, 1.82) is 0 Å². The number of alkyl halides is 9. The van der Waals surface area contributed by atoms with Gasteiger partial charge in [0.05, 0.1) is 12.1 Å². The zero-order valence-corrected chi connectivity index (χ0v) is 19.0. The maximum Gasteiger partial charge on any atom is 0.430 e. The van der Waals surface area contributed by atoms with Crippen LogP contribution in [0.3, 0.4) is 0 Å². The van der Waals surface area contributed by atoms with Crippen molar-refractivity contribution in [1.82, 2.24) is 9.55 Å². The van der Waals surface area contributed by atoms with E-state index in [1.54, 1.807) is 0 Å². The Balaban J connectivity index is 1.76. The Labute approximate surface area is 202 Å². The number of aromatic nitrogens is 2. The van der Waals surface area contributed by atoms with Crippen molar-refractivity contribution in [2.45, 2.75) is 44.5 Å². The van der Waals surface area contributed by atoms with Crippen LogP contribution in [-0.4, -0.2) is 27.0 Å². The fourth-order valence-electron chi connectivity index (χ4n) is 4.09. The summed E-state index contributed by atoms with van der Waals surface area (Å²) in [6, 6.07) is 8.10. The molecule has 0 saturated heterocycles. The predicted octanol–water partition coefficient (Wildman–Crippen LogP) is 7.29. The van der Waals surface area contributed by atoms with Crippen LogP contribution in [0.5, 0.6) is 0 Å². The highest BCUT2D eigenvalue weighted by atomic mass is 19.4. The molecule has 4 aromatic rings. The lowest BCUT2D eigenvalue weighted by Crippen LogP contribution is -2.53. The highest BCUT2D eigenvalue weighted by Gasteiger charge is 2.71. The van der Waals surface area contributed by atoms with E-state index >= 15 is 0 Å². The summed E-state index contributed by atoms with van der Waals surface area (Å²) >= 11 is 0. The number of hydrogen-bond acceptors (Lipinski definition) is 3. The van der Waals surface area contributed by atoms with Gasteiger partial charge in [-0.25, -0.2) is 4.98 Å². The normalized spacial score (nSPS) is 13.5. The van der Waals surface area contributed by atoms with Crippen LogP contribution in [0, 0.1) is 13.8 Å². The minimum absolute atomic E-state index is 0.0225. The lowest BCUT2D eigenvalue weighted by molar-refractivity contribution is -0.376. The first-order chi connectivity index (χ1) is 16.9. The Morgan fingerprint density at radius 1 is 0.865 bits per heavy atom. The van der Waals surface area contributed by atoms with Crippen molar-refractivity contribution in [2.75, 3.05) is 0 Å². The molecule has 0 unspecified atom stereocenters. The maximum atomic E-state index is 13.4. The second kappa shape index (κ2) is 8.54. The first-order valence-corrected chi connectivity index (χ1v) is 10.5. The van der Waals surface area contributed by atoms with Gasteiger partial charge in [-0.05, 0) is 44.2 Å². The molecule has 2 aromatic carbocycles. The van der Waals surface area contributed by atoms with Gasteiger partial charge in [0.1, 0.15) is 11.5 Å². The van der Waals surface area contributed by atoms with Gasteiger partial charge in [-0.2, -0.15) is 39.5 Å². The number of rotatable bonds is 4. The van der Waals surface area contributed by atoms with Crippen molar-refractivity contribution < 1.29 is 49.0 Å². The molecule has 4 nitrogen and oxygen atoms in total. The topological polar surface area (TPSA) is 51.2 Å². The molecule has 0 aliphatic heterocycles. The number of aliphatic hydroxyl groups is 1. The van der Waals surface area contributed by atoms with E-state index in [4.69, 9.17) is 4.42 Å². The largest absolute Gasteiger partial charge is 0.441 e. The van der Waals surface area contributed by atoms with Gasteiger partial charge >= 0.3 is 18.5 Å². The van der Waals surface area contributed by atoms with Crippen LogP contribution in [0.25, 0.3) is 22.4 Å². The molecule has 0 fully saturated rings. The van der Waals surface area contributed by atoms with E-state index < -0.39 is 35.3 Å².